The Morgan fingerprint density at radius 3 is 2.06 bits per heavy atom. The highest BCUT2D eigenvalue weighted by Gasteiger charge is 2.24. The molecule has 0 heterocycles. The average Bonchev–Trinajstić information content (AvgIpc) is 2.31. The molecule has 1 rings (SSSR count). The number of carbonyl (C=O) groups is 1. The number of hydrogen-bond acceptors (Lipinski definition) is 1. The van der Waals surface area contributed by atoms with Crippen molar-refractivity contribution in [2.75, 3.05) is 0 Å². The van der Waals surface area contributed by atoms with E-state index in [-0.39, 0.29) is 5.92 Å². The molecule has 0 bridgehead atoms. The predicted molar refractivity (Wildman–Crippen MR) is 74.0 cm³/mol. The van der Waals surface area contributed by atoms with Gasteiger partial charge in [0.2, 0.25) is 0 Å². The van der Waals surface area contributed by atoms with Gasteiger partial charge < -0.3 is 0 Å². The van der Waals surface area contributed by atoms with Gasteiger partial charge in [-0.25, -0.2) is 0 Å². The van der Waals surface area contributed by atoms with E-state index in [1.807, 2.05) is 13.8 Å². The molecule has 1 nitrogen and oxygen atoms in total. The van der Waals surface area contributed by atoms with Crippen molar-refractivity contribution in [1.29, 1.82) is 0 Å². The molecule has 0 aliphatic heterocycles. The van der Waals surface area contributed by atoms with Crippen molar-refractivity contribution in [3.05, 3.63) is 0 Å². The van der Waals surface area contributed by atoms with Crippen molar-refractivity contribution in [3.63, 3.8) is 0 Å². The van der Waals surface area contributed by atoms with Crippen molar-refractivity contribution < 1.29 is 4.79 Å². The van der Waals surface area contributed by atoms with Gasteiger partial charge in [0, 0.05) is 12.3 Å². The smallest absolute Gasteiger partial charge is 0.135 e. The molecule has 0 aromatic carbocycles. The van der Waals surface area contributed by atoms with Crippen molar-refractivity contribution in [1.82, 2.24) is 0 Å². The van der Waals surface area contributed by atoms with Gasteiger partial charge in [-0.15, -0.1) is 0 Å². The number of Topliss-reactive ketones (excluding diaryl/α,β-unsaturated/α-hetero) is 1. The van der Waals surface area contributed by atoms with Crippen molar-refractivity contribution >= 4 is 5.78 Å². The van der Waals surface area contributed by atoms with E-state index in [4.69, 9.17) is 0 Å². The second kappa shape index (κ2) is 7.18. The number of hydrogen-bond donors (Lipinski definition) is 0. The minimum absolute atomic E-state index is 0.229. The van der Waals surface area contributed by atoms with Crippen molar-refractivity contribution in [3.8, 4) is 0 Å². The summed E-state index contributed by atoms with van der Waals surface area (Å²) in [6, 6.07) is 0. The number of carbonyl (C=O) groups excluding carboxylic acids is 1. The van der Waals surface area contributed by atoms with Gasteiger partial charge in [-0.3, -0.25) is 4.79 Å². The Kier molecular flexibility index (Phi) is 6.22. The number of rotatable bonds is 6. The molecule has 0 saturated heterocycles. The van der Waals surface area contributed by atoms with Crippen LogP contribution in [-0.2, 0) is 4.79 Å². The molecule has 1 aliphatic carbocycles. The summed E-state index contributed by atoms with van der Waals surface area (Å²) in [5, 5.41) is 0. The molecule has 1 aliphatic rings. The van der Waals surface area contributed by atoms with Crippen LogP contribution in [0.15, 0.2) is 0 Å². The molecule has 100 valence electrons. The predicted octanol–water partition coefficient (Wildman–Crippen LogP) is 4.84. The Hall–Kier alpha value is -0.330. The Labute approximate surface area is 107 Å². The topological polar surface area (TPSA) is 17.1 Å². The zero-order valence-electron chi connectivity index (χ0n) is 12.2. The quantitative estimate of drug-likeness (QED) is 0.647. The molecule has 1 saturated carbocycles. The fourth-order valence-corrected chi connectivity index (χ4v) is 2.93. The van der Waals surface area contributed by atoms with Gasteiger partial charge in [0.25, 0.3) is 0 Å². The summed E-state index contributed by atoms with van der Waals surface area (Å²) in [5.41, 5.74) is 0. The van der Waals surface area contributed by atoms with Crippen LogP contribution in [0.25, 0.3) is 0 Å². The normalized spacial score (nSPS) is 27.1. The lowest BCUT2D eigenvalue weighted by atomic mass is 9.76. The molecule has 0 spiro atoms. The minimum atomic E-state index is 0.229. The van der Waals surface area contributed by atoms with Crippen molar-refractivity contribution in [2.24, 2.45) is 23.7 Å². The van der Waals surface area contributed by atoms with E-state index in [0.29, 0.717) is 11.7 Å². The molecule has 0 aromatic rings. The van der Waals surface area contributed by atoms with Gasteiger partial charge in [-0.2, -0.15) is 0 Å². The third-order valence-electron chi connectivity index (χ3n) is 4.53. The molecular weight excluding hydrogens is 208 g/mol. The van der Waals surface area contributed by atoms with E-state index < -0.39 is 0 Å². The first-order valence-corrected chi connectivity index (χ1v) is 7.55. The van der Waals surface area contributed by atoms with E-state index in [1.54, 1.807) is 0 Å². The summed E-state index contributed by atoms with van der Waals surface area (Å²) < 4.78 is 0. The molecular formula is C16H30O. The van der Waals surface area contributed by atoms with Crippen LogP contribution in [0.1, 0.15) is 72.6 Å². The van der Waals surface area contributed by atoms with Gasteiger partial charge in [-0.1, -0.05) is 47.0 Å². The van der Waals surface area contributed by atoms with E-state index in [1.165, 1.54) is 38.5 Å². The van der Waals surface area contributed by atoms with Crippen LogP contribution in [0.4, 0.5) is 0 Å². The standard InChI is InChI=1S/C16H30O/c1-5-13(4)10-14-6-8-15(9-7-14)11-16(17)12(2)3/h12-15H,5-11H2,1-4H3. The Morgan fingerprint density at radius 2 is 1.59 bits per heavy atom. The van der Waals surface area contributed by atoms with E-state index in [9.17, 15) is 4.79 Å². The highest BCUT2D eigenvalue weighted by Crippen LogP contribution is 2.35. The average molecular weight is 238 g/mol. The first-order chi connectivity index (χ1) is 8.02. The number of ketones is 1. The van der Waals surface area contributed by atoms with Crippen molar-refractivity contribution in [2.45, 2.75) is 72.6 Å². The molecule has 0 radical (unpaired) electrons. The first kappa shape index (κ1) is 14.7. The molecule has 1 heteroatoms. The van der Waals surface area contributed by atoms with E-state index >= 15 is 0 Å². The van der Waals surface area contributed by atoms with E-state index in [2.05, 4.69) is 13.8 Å². The third-order valence-corrected chi connectivity index (χ3v) is 4.53. The fraction of sp³-hybridized carbons (Fsp3) is 0.938. The summed E-state index contributed by atoms with van der Waals surface area (Å²) >= 11 is 0. The highest BCUT2D eigenvalue weighted by molar-refractivity contribution is 5.80. The van der Waals surface area contributed by atoms with Crippen LogP contribution in [0.3, 0.4) is 0 Å². The molecule has 1 fully saturated rings. The molecule has 17 heavy (non-hydrogen) atoms. The van der Waals surface area contributed by atoms with Gasteiger partial charge in [0.15, 0.2) is 0 Å². The Bertz CT molecular complexity index is 224. The Morgan fingerprint density at radius 1 is 1.06 bits per heavy atom. The molecule has 1 atom stereocenters. The molecule has 0 aromatic heterocycles. The van der Waals surface area contributed by atoms with Crippen LogP contribution in [0.2, 0.25) is 0 Å². The lowest BCUT2D eigenvalue weighted by molar-refractivity contribution is -0.123. The van der Waals surface area contributed by atoms with Gasteiger partial charge in [-0.05, 0) is 37.0 Å². The third kappa shape index (κ3) is 5.23. The SMILES string of the molecule is CCC(C)CC1CCC(CC(=O)C(C)C)CC1. The van der Waals surface area contributed by atoms with Crippen LogP contribution in [-0.4, -0.2) is 5.78 Å². The summed E-state index contributed by atoms with van der Waals surface area (Å²) in [6.07, 6.45) is 8.86. The maximum absolute atomic E-state index is 11.7. The first-order valence-electron chi connectivity index (χ1n) is 7.55. The molecule has 1 unspecified atom stereocenters. The highest BCUT2D eigenvalue weighted by atomic mass is 16.1. The zero-order valence-corrected chi connectivity index (χ0v) is 12.2. The zero-order chi connectivity index (χ0) is 12.8. The monoisotopic (exact) mass is 238 g/mol. The maximum Gasteiger partial charge on any atom is 0.135 e. The van der Waals surface area contributed by atoms with Gasteiger partial charge >= 0.3 is 0 Å². The van der Waals surface area contributed by atoms with Gasteiger partial charge in [0.1, 0.15) is 5.78 Å². The summed E-state index contributed by atoms with van der Waals surface area (Å²) in [4.78, 5) is 11.7. The summed E-state index contributed by atoms with van der Waals surface area (Å²) in [5.74, 6) is 3.21. The van der Waals surface area contributed by atoms with Crippen LogP contribution >= 0.6 is 0 Å². The molecule has 0 amide bonds. The molecule has 0 N–H and O–H groups in total. The van der Waals surface area contributed by atoms with Crippen LogP contribution in [0.5, 0.6) is 0 Å². The van der Waals surface area contributed by atoms with E-state index in [0.717, 1.165) is 18.3 Å². The van der Waals surface area contributed by atoms with Crippen LogP contribution in [0, 0.1) is 23.7 Å². The van der Waals surface area contributed by atoms with Crippen LogP contribution < -0.4 is 0 Å². The lowest BCUT2D eigenvalue weighted by Gasteiger charge is -2.30. The largest absolute Gasteiger partial charge is 0.299 e. The second-order valence-corrected chi connectivity index (χ2v) is 6.46. The minimum Gasteiger partial charge on any atom is -0.299 e. The fourth-order valence-electron chi connectivity index (χ4n) is 2.93. The second-order valence-electron chi connectivity index (χ2n) is 6.46. The summed E-state index contributed by atoms with van der Waals surface area (Å²) in [7, 11) is 0. The Balaban J connectivity index is 2.24. The van der Waals surface area contributed by atoms with Gasteiger partial charge in [0.05, 0.1) is 0 Å². The summed E-state index contributed by atoms with van der Waals surface area (Å²) in [6.45, 7) is 8.71. The lowest BCUT2D eigenvalue weighted by Crippen LogP contribution is -2.20. The maximum atomic E-state index is 11.7.